The van der Waals surface area contributed by atoms with Crippen LogP contribution in [0.25, 0.3) is 0 Å². The van der Waals surface area contributed by atoms with Gasteiger partial charge in [0.25, 0.3) is 5.91 Å². The van der Waals surface area contributed by atoms with Gasteiger partial charge in [-0.2, -0.15) is 0 Å². The monoisotopic (exact) mass is 301 g/mol. The molecule has 0 aliphatic heterocycles. The lowest BCUT2D eigenvalue weighted by atomic mass is 10.1. The minimum atomic E-state index is -1.11. The van der Waals surface area contributed by atoms with Gasteiger partial charge in [-0.05, 0) is 45.7 Å². The Labute approximate surface area is 129 Å². The predicted octanol–water partition coefficient (Wildman–Crippen LogP) is 1.92. The fraction of sp³-hybridized carbons (Fsp3) is 0.375. The zero-order valence-corrected chi connectivity index (χ0v) is 13.0. The SMILES string of the molecule is Cc1cnc(C(C)NC(=O)c2ccc(C#CC(C)(C)O)o2)[nH]1. The lowest BCUT2D eigenvalue weighted by Crippen LogP contribution is -2.27. The zero-order valence-electron chi connectivity index (χ0n) is 13.0. The number of hydrogen-bond donors (Lipinski definition) is 3. The van der Waals surface area contributed by atoms with E-state index in [0.29, 0.717) is 11.6 Å². The molecular weight excluding hydrogens is 282 g/mol. The number of nitrogens with one attached hydrogen (secondary N) is 2. The van der Waals surface area contributed by atoms with Crippen molar-refractivity contribution in [2.45, 2.75) is 39.3 Å². The third kappa shape index (κ3) is 4.24. The number of aromatic amines is 1. The maximum Gasteiger partial charge on any atom is 0.287 e. The number of aryl methyl sites for hydroxylation is 1. The Morgan fingerprint density at radius 2 is 2.23 bits per heavy atom. The minimum absolute atomic E-state index is 0.162. The Kier molecular flexibility index (Phi) is 4.38. The van der Waals surface area contributed by atoms with Crippen LogP contribution in [0.3, 0.4) is 0 Å². The van der Waals surface area contributed by atoms with E-state index < -0.39 is 5.60 Å². The molecule has 1 amide bonds. The zero-order chi connectivity index (χ0) is 16.3. The molecule has 1 unspecified atom stereocenters. The van der Waals surface area contributed by atoms with E-state index in [2.05, 4.69) is 27.1 Å². The predicted molar refractivity (Wildman–Crippen MR) is 81.1 cm³/mol. The first kappa shape index (κ1) is 15.9. The normalized spacial score (nSPS) is 12.4. The molecule has 3 N–H and O–H groups in total. The molecule has 0 aliphatic rings. The smallest absolute Gasteiger partial charge is 0.287 e. The molecule has 1 atom stereocenters. The van der Waals surface area contributed by atoms with Gasteiger partial charge in [-0.25, -0.2) is 4.98 Å². The standard InChI is InChI=1S/C16H19N3O3/c1-10-9-17-14(18-10)11(2)19-15(20)13-6-5-12(22-13)7-8-16(3,4)21/h5-6,9,11,21H,1-4H3,(H,17,18)(H,19,20). The second-order valence-corrected chi connectivity index (χ2v) is 5.62. The largest absolute Gasteiger partial charge is 0.443 e. The molecule has 116 valence electrons. The molecule has 2 rings (SSSR count). The summed E-state index contributed by atoms with van der Waals surface area (Å²) in [5.74, 6) is 6.13. The van der Waals surface area contributed by atoms with Crippen LogP contribution >= 0.6 is 0 Å². The summed E-state index contributed by atoms with van der Waals surface area (Å²) in [6.45, 7) is 6.87. The van der Waals surface area contributed by atoms with Crippen molar-refractivity contribution in [1.29, 1.82) is 0 Å². The first-order valence-corrected chi connectivity index (χ1v) is 6.92. The number of rotatable bonds is 3. The average molecular weight is 301 g/mol. The van der Waals surface area contributed by atoms with Crippen molar-refractivity contribution in [1.82, 2.24) is 15.3 Å². The fourth-order valence-corrected chi connectivity index (χ4v) is 1.73. The Balaban J connectivity index is 2.04. The van der Waals surface area contributed by atoms with Gasteiger partial charge in [-0.1, -0.05) is 5.92 Å². The summed E-state index contributed by atoms with van der Waals surface area (Å²) < 4.78 is 5.36. The Bertz CT molecular complexity index is 726. The summed E-state index contributed by atoms with van der Waals surface area (Å²) in [4.78, 5) is 19.3. The molecule has 0 radical (unpaired) electrons. The maximum absolute atomic E-state index is 12.1. The van der Waals surface area contributed by atoms with Crippen LogP contribution in [-0.4, -0.2) is 26.6 Å². The Morgan fingerprint density at radius 1 is 1.50 bits per heavy atom. The molecule has 0 fully saturated rings. The van der Waals surface area contributed by atoms with Gasteiger partial charge in [0.2, 0.25) is 0 Å². The van der Waals surface area contributed by atoms with Crippen LogP contribution in [0.1, 0.15) is 54.6 Å². The van der Waals surface area contributed by atoms with Crippen LogP contribution in [0.2, 0.25) is 0 Å². The van der Waals surface area contributed by atoms with E-state index >= 15 is 0 Å². The van der Waals surface area contributed by atoms with Crippen molar-refractivity contribution in [2.75, 3.05) is 0 Å². The quantitative estimate of drug-likeness (QED) is 0.755. The van der Waals surface area contributed by atoms with Crippen molar-refractivity contribution < 1.29 is 14.3 Å². The number of carbonyl (C=O) groups excluding carboxylic acids is 1. The number of hydrogen-bond acceptors (Lipinski definition) is 4. The van der Waals surface area contributed by atoms with Crippen LogP contribution in [0.15, 0.2) is 22.7 Å². The maximum atomic E-state index is 12.1. The third-order valence-corrected chi connectivity index (χ3v) is 2.80. The lowest BCUT2D eigenvalue weighted by molar-refractivity contribution is 0.0910. The second-order valence-electron chi connectivity index (χ2n) is 5.62. The number of carbonyl (C=O) groups is 1. The van der Waals surface area contributed by atoms with Crippen LogP contribution in [0.4, 0.5) is 0 Å². The molecule has 2 heterocycles. The van der Waals surface area contributed by atoms with E-state index in [1.165, 1.54) is 0 Å². The molecule has 0 aliphatic carbocycles. The van der Waals surface area contributed by atoms with Gasteiger partial charge in [0.05, 0.1) is 6.04 Å². The number of amides is 1. The highest BCUT2D eigenvalue weighted by atomic mass is 16.3. The van der Waals surface area contributed by atoms with Crippen LogP contribution in [0, 0.1) is 18.8 Å². The number of aromatic nitrogens is 2. The summed E-state index contributed by atoms with van der Waals surface area (Å²) in [6.07, 6.45) is 1.70. The first-order valence-electron chi connectivity index (χ1n) is 6.92. The molecule has 2 aromatic rings. The van der Waals surface area contributed by atoms with Gasteiger partial charge in [0.15, 0.2) is 11.5 Å². The Morgan fingerprint density at radius 3 is 2.82 bits per heavy atom. The molecule has 6 heteroatoms. The average Bonchev–Trinajstić information content (AvgIpc) is 3.04. The highest BCUT2D eigenvalue weighted by Crippen LogP contribution is 2.12. The highest BCUT2D eigenvalue weighted by Gasteiger charge is 2.16. The van der Waals surface area contributed by atoms with Gasteiger partial charge in [-0.15, -0.1) is 0 Å². The molecule has 0 saturated carbocycles. The van der Waals surface area contributed by atoms with Crippen molar-refractivity contribution in [2.24, 2.45) is 0 Å². The topological polar surface area (TPSA) is 91.2 Å². The van der Waals surface area contributed by atoms with E-state index in [9.17, 15) is 9.90 Å². The third-order valence-electron chi connectivity index (χ3n) is 2.80. The molecule has 0 spiro atoms. The fourth-order valence-electron chi connectivity index (χ4n) is 1.73. The Hall–Kier alpha value is -2.52. The highest BCUT2D eigenvalue weighted by molar-refractivity contribution is 5.91. The van der Waals surface area contributed by atoms with Crippen molar-refractivity contribution >= 4 is 5.91 Å². The van der Waals surface area contributed by atoms with E-state index in [4.69, 9.17) is 4.42 Å². The molecule has 6 nitrogen and oxygen atoms in total. The van der Waals surface area contributed by atoms with Gasteiger partial charge in [0, 0.05) is 11.9 Å². The number of nitrogens with zero attached hydrogens (tertiary/aromatic N) is 1. The summed E-state index contributed by atoms with van der Waals surface area (Å²) in [7, 11) is 0. The van der Waals surface area contributed by atoms with Crippen molar-refractivity contribution in [3.63, 3.8) is 0 Å². The number of furan rings is 1. The lowest BCUT2D eigenvalue weighted by Gasteiger charge is -2.09. The number of aliphatic hydroxyl groups is 1. The van der Waals surface area contributed by atoms with E-state index in [-0.39, 0.29) is 17.7 Å². The molecule has 0 aromatic carbocycles. The molecule has 0 saturated heterocycles. The van der Waals surface area contributed by atoms with Gasteiger partial charge in [-0.3, -0.25) is 4.79 Å². The van der Waals surface area contributed by atoms with E-state index in [1.54, 1.807) is 32.2 Å². The van der Waals surface area contributed by atoms with E-state index in [0.717, 1.165) is 5.69 Å². The summed E-state index contributed by atoms with van der Waals surface area (Å²) in [5, 5.41) is 12.3. The van der Waals surface area contributed by atoms with Crippen LogP contribution in [0.5, 0.6) is 0 Å². The van der Waals surface area contributed by atoms with Gasteiger partial charge in [0.1, 0.15) is 11.4 Å². The molecule has 2 aromatic heterocycles. The first-order chi connectivity index (χ1) is 10.2. The second kappa shape index (κ2) is 6.08. The van der Waals surface area contributed by atoms with Crippen LogP contribution in [-0.2, 0) is 0 Å². The summed E-state index contributed by atoms with van der Waals surface area (Å²) in [5.41, 5.74) is -0.181. The molecule has 22 heavy (non-hydrogen) atoms. The van der Waals surface area contributed by atoms with Gasteiger partial charge < -0.3 is 19.8 Å². The van der Waals surface area contributed by atoms with Crippen molar-refractivity contribution in [3.8, 4) is 11.8 Å². The number of imidazole rings is 1. The van der Waals surface area contributed by atoms with Gasteiger partial charge >= 0.3 is 0 Å². The molecule has 0 bridgehead atoms. The van der Waals surface area contributed by atoms with Crippen molar-refractivity contribution in [3.05, 3.63) is 41.4 Å². The summed E-state index contributed by atoms with van der Waals surface area (Å²) >= 11 is 0. The van der Waals surface area contributed by atoms with E-state index in [1.807, 2.05) is 13.8 Å². The number of H-pyrrole nitrogens is 1. The summed E-state index contributed by atoms with van der Waals surface area (Å²) in [6, 6.07) is 2.87. The molecular formula is C16H19N3O3. The van der Waals surface area contributed by atoms with Crippen LogP contribution < -0.4 is 5.32 Å². The minimum Gasteiger partial charge on any atom is -0.443 e.